The predicted octanol–water partition coefficient (Wildman–Crippen LogP) is 6.71. The third-order valence-electron chi connectivity index (χ3n) is 5.34. The summed E-state index contributed by atoms with van der Waals surface area (Å²) in [5, 5.41) is 6.05. The summed E-state index contributed by atoms with van der Waals surface area (Å²) in [4.78, 5) is 21.9. The highest BCUT2D eigenvalue weighted by molar-refractivity contribution is 7.11. The predicted molar refractivity (Wildman–Crippen MR) is 134 cm³/mol. The number of aromatic nitrogens is 2. The average Bonchev–Trinajstić information content (AvgIpc) is 3.30. The van der Waals surface area contributed by atoms with Crippen LogP contribution >= 0.6 is 11.3 Å². The van der Waals surface area contributed by atoms with Gasteiger partial charge in [0, 0.05) is 28.7 Å². The Morgan fingerprint density at radius 2 is 1.76 bits per heavy atom. The van der Waals surface area contributed by atoms with Gasteiger partial charge in [0.05, 0.1) is 37.0 Å². The smallest absolute Gasteiger partial charge is 0.418 e. The molecule has 2 N–H and O–H groups in total. The highest BCUT2D eigenvalue weighted by Crippen LogP contribution is 2.40. The summed E-state index contributed by atoms with van der Waals surface area (Å²) in [5.74, 6) is 1.06. The van der Waals surface area contributed by atoms with Crippen molar-refractivity contribution in [2.24, 2.45) is 0 Å². The molecule has 2 aromatic carbocycles. The van der Waals surface area contributed by atoms with Gasteiger partial charge in [-0.2, -0.15) is 13.2 Å². The molecule has 4 aromatic rings. The van der Waals surface area contributed by atoms with Crippen LogP contribution in [-0.4, -0.2) is 30.2 Å². The van der Waals surface area contributed by atoms with Crippen LogP contribution in [0.3, 0.4) is 0 Å². The Hall–Kier alpha value is -4.06. The molecule has 0 aliphatic carbocycles. The first-order chi connectivity index (χ1) is 17.6. The van der Waals surface area contributed by atoms with Crippen LogP contribution in [0.15, 0.2) is 48.8 Å². The Labute approximate surface area is 214 Å². The number of benzene rings is 2. The second-order valence-electron chi connectivity index (χ2n) is 7.97. The van der Waals surface area contributed by atoms with E-state index >= 15 is 0 Å². The molecule has 2 heterocycles. The average molecular weight is 533 g/mol. The van der Waals surface area contributed by atoms with E-state index in [0.29, 0.717) is 27.4 Å². The van der Waals surface area contributed by atoms with Gasteiger partial charge >= 0.3 is 12.2 Å². The number of nitrogens with one attached hydrogen (secondary N) is 2. The van der Waals surface area contributed by atoms with Crippen molar-refractivity contribution in [2.75, 3.05) is 19.5 Å². The highest BCUT2D eigenvalue weighted by atomic mass is 32.1. The van der Waals surface area contributed by atoms with E-state index in [9.17, 15) is 18.0 Å². The van der Waals surface area contributed by atoms with E-state index in [0.717, 1.165) is 17.0 Å². The van der Waals surface area contributed by atoms with Crippen LogP contribution in [0.25, 0.3) is 10.9 Å². The van der Waals surface area contributed by atoms with Gasteiger partial charge in [-0.05, 0) is 44.2 Å². The Bertz CT molecular complexity index is 1440. The zero-order valence-electron chi connectivity index (χ0n) is 20.3. The number of hydrogen-bond acceptors (Lipinski definition) is 7. The number of urea groups is 1. The summed E-state index contributed by atoms with van der Waals surface area (Å²) in [6, 6.07) is 6.84. The van der Waals surface area contributed by atoms with Gasteiger partial charge in [-0.25, -0.2) is 9.78 Å². The number of carbonyl (C=O) groups is 1. The first kappa shape index (κ1) is 26.0. The number of carbonyl (C=O) groups excluding carboxylic acids is 1. The largest absolute Gasteiger partial charge is 0.493 e. The molecule has 0 bridgehead atoms. The third-order valence-corrected chi connectivity index (χ3v) is 6.43. The molecule has 2 amide bonds. The van der Waals surface area contributed by atoms with E-state index in [1.54, 1.807) is 25.3 Å². The molecule has 12 heteroatoms. The van der Waals surface area contributed by atoms with Crippen LogP contribution in [0.4, 0.5) is 23.7 Å². The van der Waals surface area contributed by atoms with E-state index in [1.807, 2.05) is 6.92 Å². The Morgan fingerprint density at radius 3 is 2.41 bits per heavy atom. The summed E-state index contributed by atoms with van der Waals surface area (Å²) < 4.78 is 58.1. The molecule has 4 rings (SSSR count). The van der Waals surface area contributed by atoms with Crippen LogP contribution in [0.5, 0.6) is 23.0 Å². The SMILES string of the molecule is COc1cc2nccc(Oc3ccc(NC(=O)NC(C)c4ncc(C)s4)c(C(F)(F)F)c3)c2cc1OC. The van der Waals surface area contributed by atoms with Crippen molar-refractivity contribution in [3.8, 4) is 23.0 Å². The summed E-state index contributed by atoms with van der Waals surface area (Å²) in [6.45, 7) is 3.57. The fraction of sp³-hybridized carbons (Fsp3) is 0.240. The molecule has 0 aliphatic rings. The molecule has 0 saturated heterocycles. The summed E-state index contributed by atoms with van der Waals surface area (Å²) in [7, 11) is 2.95. The van der Waals surface area contributed by atoms with E-state index in [2.05, 4.69) is 20.6 Å². The van der Waals surface area contributed by atoms with Crippen molar-refractivity contribution >= 4 is 34.0 Å². The number of rotatable bonds is 7. The maximum absolute atomic E-state index is 13.9. The van der Waals surface area contributed by atoms with Crippen molar-refractivity contribution in [3.63, 3.8) is 0 Å². The Morgan fingerprint density at radius 1 is 1.03 bits per heavy atom. The maximum Gasteiger partial charge on any atom is 0.418 e. The van der Waals surface area contributed by atoms with Gasteiger partial charge in [0.2, 0.25) is 0 Å². The number of hydrogen-bond donors (Lipinski definition) is 2. The van der Waals surface area contributed by atoms with Gasteiger partial charge in [-0.15, -0.1) is 11.3 Å². The van der Waals surface area contributed by atoms with Crippen molar-refractivity contribution in [1.29, 1.82) is 0 Å². The number of thiazole rings is 1. The fourth-order valence-corrected chi connectivity index (χ4v) is 4.36. The molecule has 194 valence electrons. The minimum absolute atomic E-state index is 0.0767. The lowest BCUT2D eigenvalue weighted by Gasteiger charge is -2.18. The molecule has 1 atom stereocenters. The molecule has 0 fully saturated rings. The zero-order chi connectivity index (χ0) is 26.7. The standard InChI is InChI=1S/C25H23F3N4O4S/c1-13-12-30-23(37-13)14(2)31-24(33)32-18-6-5-15(9-17(18)25(26,27)28)36-20-7-8-29-19-11-22(35-4)21(34-3)10-16(19)20/h5-12,14H,1-4H3,(H2,31,32,33). The molecular formula is C25H23F3N4O4S. The van der Waals surface area contributed by atoms with Gasteiger partial charge < -0.3 is 24.8 Å². The molecule has 2 aromatic heterocycles. The van der Waals surface area contributed by atoms with Gasteiger partial charge in [-0.1, -0.05) is 0 Å². The quantitative estimate of drug-likeness (QED) is 0.275. The molecule has 1 unspecified atom stereocenters. The van der Waals surface area contributed by atoms with E-state index in [1.165, 1.54) is 43.9 Å². The summed E-state index contributed by atoms with van der Waals surface area (Å²) in [5.41, 5.74) is -0.966. The Kier molecular flexibility index (Phi) is 7.39. The highest BCUT2D eigenvalue weighted by Gasteiger charge is 2.35. The van der Waals surface area contributed by atoms with Crippen LogP contribution < -0.4 is 24.8 Å². The second-order valence-corrected chi connectivity index (χ2v) is 9.24. The monoisotopic (exact) mass is 532 g/mol. The lowest BCUT2D eigenvalue weighted by atomic mass is 10.1. The molecule has 8 nitrogen and oxygen atoms in total. The van der Waals surface area contributed by atoms with Crippen molar-refractivity contribution in [2.45, 2.75) is 26.1 Å². The minimum atomic E-state index is -4.75. The normalized spacial score (nSPS) is 12.2. The van der Waals surface area contributed by atoms with Crippen molar-refractivity contribution < 1.29 is 32.2 Å². The van der Waals surface area contributed by atoms with Gasteiger partial charge in [-0.3, -0.25) is 4.98 Å². The number of methoxy groups -OCH3 is 2. The molecule has 0 radical (unpaired) electrons. The number of alkyl halides is 3. The lowest BCUT2D eigenvalue weighted by molar-refractivity contribution is -0.137. The van der Waals surface area contributed by atoms with E-state index in [-0.39, 0.29) is 11.5 Å². The molecule has 0 spiro atoms. The number of nitrogens with zero attached hydrogens (tertiary/aromatic N) is 2. The van der Waals surface area contributed by atoms with Crippen molar-refractivity contribution in [1.82, 2.24) is 15.3 Å². The number of aryl methyl sites for hydroxylation is 1. The maximum atomic E-state index is 13.9. The van der Waals surface area contributed by atoms with E-state index < -0.39 is 29.5 Å². The van der Waals surface area contributed by atoms with Gasteiger partial charge in [0.1, 0.15) is 16.5 Å². The zero-order valence-corrected chi connectivity index (χ0v) is 21.1. The first-order valence-electron chi connectivity index (χ1n) is 11.0. The van der Waals surface area contributed by atoms with Crippen LogP contribution in [0.1, 0.15) is 28.4 Å². The van der Waals surface area contributed by atoms with Gasteiger partial charge in [0.25, 0.3) is 0 Å². The number of pyridine rings is 1. The lowest BCUT2D eigenvalue weighted by Crippen LogP contribution is -2.31. The third kappa shape index (κ3) is 5.85. The number of ether oxygens (including phenoxy) is 3. The summed E-state index contributed by atoms with van der Waals surface area (Å²) in [6.07, 6.45) is -1.62. The fourth-order valence-electron chi connectivity index (χ4n) is 3.58. The van der Waals surface area contributed by atoms with Crippen LogP contribution in [0.2, 0.25) is 0 Å². The topological polar surface area (TPSA) is 94.6 Å². The minimum Gasteiger partial charge on any atom is -0.493 e. The molecular weight excluding hydrogens is 509 g/mol. The molecule has 0 saturated carbocycles. The van der Waals surface area contributed by atoms with E-state index in [4.69, 9.17) is 14.2 Å². The van der Waals surface area contributed by atoms with Gasteiger partial charge in [0.15, 0.2) is 11.5 Å². The summed E-state index contributed by atoms with van der Waals surface area (Å²) >= 11 is 1.39. The first-order valence-corrected chi connectivity index (χ1v) is 11.8. The number of anilines is 1. The number of halogens is 3. The number of fused-ring (bicyclic) bond motifs is 1. The van der Waals surface area contributed by atoms with Crippen LogP contribution in [-0.2, 0) is 6.18 Å². The van der Waals surface area contributed by atoms with Crippen LogP contribution in [0, 0.1) is 6.92 Å². The number of amides is 2. The second kappa shape index (κ2) is 10.5. The van der Waals surface area contributed by atoms with Crippen molar-refractivity contribution in [3.05, 3.63) is 64.2 Å². The molecule has 0 aliphatic heterocycles. The Balaban J connectivity index is 1.60. The molecule has 37 heavy (non-hydrogen) atoms.